The largest absolute Gasteiger partial charge is 0.504 e. The Hall–Kier alpha value is -2.18. The molecule has 0 aromatic heterocycles. The molecule has 5 atom stereocenters. The smallest absolute Gasteiger partial charge is 0.165 e. The van der Waals surface area contributed by atoms with Crippen LogP contribution in [-0.4, -0.2) is 47.0 Å². The van der Waals surface area contributed by atoms with E-state index in [2.05, 4.69) is 28.3 Å². The van der Waals surface area contributed by atoms with Gasteiger partial charge in [-0.15, -0.1) is 5.11 Å². The second-order valence-corrected chi connectivity index (χ2v) is 7.84. The molecule has 5 aliphatic rings. The van der Waals surface area contributed by atoms with Crippen LogP contribution in [0.3, 0.4) is 0 Å². The molecule has 0 saturated carbocycles. The van der Waals surface area contributed by atoms with E-state index >= 15 is 0 Å². The number of rotatable bonds is 1. The average Bonchev–Trinajstić information content (AvgIpc) is 2.89. The Morgan fingerprint density at radius 2 is 2.20 bits per heavy atom. The van der Waals surface area contributed by atoms with Crippen LogP contribution >= 0.6 is 0 Å². The van der Waals surface area contributed by atoms with Crippen molar-refractivity contribution in [2.45, 2.75) is 36.5 Å². The van der Waals surface area contributed by atoms with Crippen molar-refractivity contribution in [1.29, 1.82) is 0 Å². The second kappa shape index (κ2) is 4.31. The van der Waals surface area contributed by atoms with E-state index in [9.17, 15) is 10.2 Å². The lowest BCUT2D eigenvalue weighted by atomic mass is 9.53. The van der Waals surface area contributed by atoms with Gasteiger partial charge in [0.25, 0.3) is 0 Å². The number of azo groups is 1. The molecule has 6 heteroatoms. The van der Waals surface area contributed by atoms with Crippen LogP contribution in [0.4, 0.5) is 0 Å². The number of nitrogens with zero attached hydrogens (tertiary/aromatic N) is 3. The highest BCUT2D eigenvalue weighted by molar-refractivity contribution is 5.76. The van der Waals surface area contributed by atoms with Crippen molar-refractivity contribution in [3.8, 4) is 11.5 Å². The Kier molecular flexibility index (Phi) is 2.42. The molecule has 0 unspecified atom stereocenters. The van der Waals surface area contributed by atoms with Crippen LogP contribution in [0, 0.1) is 5.92 Å². The lowest BCUT2D eigenvalue weighted by Crippen LogP contribution is -2.64. The highest BCUT2D eigenvalue weighted by atomic mass is 16.5. The minimum Gasteiger partial charge on any atom is -0.504 e. The number of likely N-dealkylation sites (tertiary alicyclic amines) is 1. The summed E-state index contributed by atoms with van der Waals surface area (Å²) in [4.78, 5) is 2.42. The number of aliphatic hydroxyl groups excluding tert-OH is 1. The summed E-state index contributed by atoms with van der Waals surface area (Å²) in [5, 5.41) is 29.3. The normalized spacial score (nSPS) is 39.5. The molecule has 3 heterocycles. The number of aliphatic hydroxyl groups is 1. The third-order valence-corrected chi connectivity index (χ3v) is 6.90. The van der Waals surface area contributed by atoms with E-state index < -0.39 is 6.10 Å². The van der Waals surface area contributed by atoms with Crippen LogP contribution in [0.5, 0.6) is 11.5 Å². The first-order valence-electron chi connectivity index (χ1n) is 8.85. The van der Waals surface area contributed by atoms with Gasteiger partial charge in [0, 0.05) is 28.5 Å². The molecule has 3 aliphatic heterocycles. The number of hydrogen-bond acceptors (Lipinski definition) is 6. The van der Waals surface area contributed by atoms with Crippen LogP contribution in [0.1, 0.15) is 23.1 Å². The lowest BCUT2D eigenvalue weighted by Gasteiger charge is -2.56. The van der Waals surface area contributed by atoms with Gasteiger partial charge in [0.05, 0.1) is 6.20 Å². The fraction of sp³-hybridized carbons (Fsp3) is 0.474. The molecule has 128 valence electrons. The van der Waals surface area contributed by atoms with Crippen molar-refractivity contribution in [2.75, 3.05) is 13.6 Å². The van der Waals surface area contributed by atoms with Gasteiger partial charge in [-0.1, -0.05) is 12.2 Å². The number of ether oxygens (including phenoxy) is 1. The van der Waals surface area contributed by atoms with Gasteiger partial charge >= 0.3 is 0 Å². The summed E-state index contributed by atoms with van der Waals surface area (Å²) in [6.45, 7) is 0.966. The van der Waals surface area contributed by atoms with Gasteiger partial charge < -0.3 is 19.8 Å². The molecule has 6 nitrogen and oxygen atoms in total. The summed E-state index contributed by atoms with van der Waals surface area (Å²) in [6.07, 6.45) is 6.62. The molecule has 0 radical (unpaired) electrons. The number of piperidine rings is 1. The van der Waals surface area contributed by atoms with Gasteiger partial charge in [0.15, 0.2) is 11.5 Å². The van der Waals surface area contributed by atoms with E-state index in [0.717, 1.165) is 36.2 Å². The SMILES string of the molecule is CN1CC[C@]23c4c5c(C6=CN=N6)cc(O)c4O[C@H]2[C@@H](O)C=C[C@H]3[C@H]1C5. The topological polar surface area (TPSA) is 77.7 Å². The van der Waals surface area contributed by atoms with E-state index in [0.29, 0.717) is 17.7 Å². The molecule has 25 heavy (non-hydrogen) atoms. The van der Waals surface area contributed by atoms with Crippen LogP contribution in [0.15, 0.2) is 34.6 Å². The zero-order valence-electron chi connectivity index (χ0n) is 13.9. The molecular formula is C19H19N3O3. The summed E-state index contributed by atoms with van der Waals surface area (Å²) in [6, 6.07) is 2.12. The number of likely N-dealkylation sites (N-methyl/N-ethyl adjacent to an activating group) is 1. The summed E-state index contributed by atoms with van der Waals surface area (Å²) >= 11 is 0. The van der Waals surface area contributed by atoms with E-state index in [4.69, 9.17) is 4.74 Å². The van der Waals surface area contributed by atoms with Crippen molar-refractivity contribution < 1.29 is 14.9 Å². The van der Waals surface area contributed by atoms with Gasteiger partial charge in [-0.3, -0.25) is 0 Å². The van der Waals surface area contributed by atoms with E-state index in [1.165, 1.54) is 5.56 Å². The molecule has 0 amide bonds. The van der Waals surface area contributed by atoms with Crippen molar-refractivity contribution in [3.05, 3.63) is 41.1 Å². The Bertz CT molecular complexity index is 906. The maximum absolute atomic E-state index is 10.7. The van der Waals surface area contributed by atoms with Crippen LogP contribution in [-0.2, 0) is 11.8 Å². The number of phenols is 1. The Balaban J connectivity index is 1.69. The minimum atomic E-state index is -0.649. The molecule has 6 rings (SSSR count). The third kappa shape index (κ3) is 1.45. The summed E-state index contributed by atoms with van der Waals surface area (Å²) in [5.41, 5.74) is 3.82. The maximum atomic E-state index is 10.7. The minimum absolute atomic E-state index is 0.142. The Morgan fingerprint density at radius 1 is 1.36 bits per heavy atom. The van der Waals surface area contributed by atoms with Crippen molar-refractivity contribution in [2.24, 2.45) is 16.1 Å². The average molecular weight is 337 g/mol. The van der Waals surface area contributed by atoms with Gasteiger partial charge in [0.1, 0.15) is 17.9 Å². The highest BCUT2D eigenvalue weighted by Gasteiger charge is 2.64. The van der Waals surface area contributed by atoms with Crippen LogP contribution in [0.25, 0.3) is 5.70 Å². The monoisotopic (exact) mass is 337 g/mol. The lowest BCUT2D eigenvalue weighted by molar-refractivity contribution is -0.0453. The van der Waals surface area contributed by atoms with Gasteiger partial charge in [0.2, 0.25) is 0 Å². The predicted octanol–water partition coefficient (Wildman–Crippen LogP) is 1.96. The predicted molar refractivity (Wildman–Crippen MR) is 90.4 cm³/mol. The van der Waals surface area contributed by atoms with Gasteiger partial charge in [-0.2, -0.15) is 5.11 Å². The third-order valence-electron chi connectivity index (χ3n) is 6.90. The maximum Gasteiger partial charge on any atom is 0.165 e. The first-order valence-corrected chi connectivity index (χ1v) is 8.85. The summed E-state index contributed by atoms with van der Waals surface area (Å²) < 4.78 is 6.20. The second-order valence-electron chi connectivity index (χ2n) is 7.84. The summed E-state index contributed by atoms with van der Waals surface area (Å²) in [5.74, 6) is 1.00. The fourth-order valence-corrected chi connectivity index (χ4v) is 5.79. The quantitative estimate of drug-likeness (QED) is 0.768. The Labute approximate surface area is 145 Å². The van der Waals surface area contributed by atoms with E-state index in [-0.39, 0.29) is 17.3 Å². The molecule has 2 aliphatic carbocycles. The number of aromatic hydroxyl groups is 1. The first-order chi connectivity index (χ1) is 12.1. The van der Waals surface area contributed by atoms with E-state index in [1.807, 2.05) is 6.08 Å². The van der Waals surface area contributed by atoms with Gasteiger partial charge in [-0.25, -0.2) is 0 Å². The molecular weight excluding hydrogens is 318 g/mol. The molecule has 1 fully saturated rings. The number of hydrogen-bond donors (Lipinski definition) is 2. The molecule has 1 aromatic rings. The fourth-order valence-electron chi connectivity index (χ4n) is 5.79. The van der Waals surface area contributed by atoms with Crippen molar-refractivity contribution >= 4 is 5.70 Å². The zero-order chi connectivity index (χ0) is 16.9. The van der Waals surface area contributed by atoms with Crippen LogP contribution < -0.4 is 4.74 Å². The standard InChI is InChI=1S/C19H19N3O3/c1-22-5-4-19-11-2-3-14(23)18(19)25-17-15(24)7-9(12-8-20-21-12)10(16(17)19)6-13(11)22/h2-3,7-8,11,13-14,18,23-24H,4-6H2,1H3/t11-,13+,14-,18-,19-/m0/s1. The number of phenolic OH excluding ortho intramolecular Hbond substituents is 1. The summed E-state index contributed by atoms with van der Waals surface area (Å²) in [7, 11) is 2.18. The van der Waals surface area contributed by atoms with Crippen molar-refractivity contribution in [1.82, 2.24) is 4.90 Å². The van der Waals surface area contributed by atoms with E-state index in [1.54, 1.807) is 12.3 Å². The Morgan fingerprint density at radius 3 is 2.96 bits per heavy atom. The molecule has 2 bridgehead atoms. The molecule has 1 spiro atoms. The zero-order valence-corrected chi connectivity index (χ0v) is 13.9. The molecule has 1 aromatic carbocycles. The first kappa shape index (κ1) is 14.0. The molecule has 1 saturated heterocycles. The molecule has 2 N–H and O–H groups in total. The highest BCUT2D eigenvalue weighted by Crippen LogP contribution is 2.63. The van der Waals surface area contributed by atoms with Crippen molar-refractivity contribution in [3.63, 3.8) is 0 Å². The van der Waals surface area contributed by atoms with Crippen LogP contribution in [0.2, 0.25) is 0 Å². The number of benzene rings is 1. The van der Waals surface area contributed by atoms with Gasteiger partial charge in [-0.05, 0) is 38.1 Å².